The molecular weight excluding hydrogens is 510 g/mol. The topological polar surface area (TPSA) is 88.7 Å². The predicted octanol–water partition coefficient (Wildman–Crippen LogP) is 5.93. The van der Waals surface area contributed by atoms with Crippen molar-refractivity contribution in [3.8, 4) is 11.1 Å². The second-order valence-electron chi connectivity index (χ2n) is 11.3. The van der Waals surface area contributed by atoms with Crippen LogP contribution in [0.3, 0.4) is 0 Å². The third kappa shape index (κ3) is 5.99. The molecule has 4 atom stereocenters. The van der Waals surface area contributed by atoms with E-state index in [1.807, 2.05) is 53.6 Å². The summed E-state index contributed by atoms with van der Waals surface area (Å²) in [4.78, 5) is 20.1. The van der Waals surface area contributed by atoms with Crippen LogP contribution < -0.4 is 5.73 Å². The molecule has 39 heavy (non-hydrogen) atoms. The van der Waals surface area contributed by atoms with Gasteiger partial charge < -0.3 is 20.5 Å². The number of ether oxygens (including phenoxy) is 1. The number of methoxy groups -OCH3 is 1. The number of fused-ring (bicyclic) bond motifs is 1. The van der Waals surface area contributed by atoms with Crippen molar-refractivity contribution in [1.29, 1.82) is 0 Å². The van der Waals surface area contributed by atoms with Gasteiger partial charge in [0.1, 0.15) is 0 Å². The molecule has 1 saturated heterocycles. The molecule has 2 heterocycles. The molecule has 0 bridgehead atoms. The molecule has 1 saturated carbocycles. The summed E-state index contributed by atoms with van der Waals surface area (Å²) in [6.07, 6.45) is 8.28. The maximum atomic E-state index is 13.5. The Labute approximate surface area is 236 Å². The molecular formula is C32H40ClN3O3. The van der Waals surface area contributed by atoms with E-state index in [4.69, 9.17) is 22.1 Å². The third-order valence-corrected chi connectivity index (χ3v) is 9.06. The number of nitrogens with two attached hydrogens (primary N) is 1. The van der Waals surface area contributed by atoms with E-state index in [1.54, 1.807) is 7.11 Å². The molecule has 0 radical (unpaired) electrons. The van der Waals surface area contributed by atoms with Gasteiger partial charge in [0.25, 0.3) is 0 Å². The van der Waals surface area contributed by atoms with E-state index in [0.29, 0.717) is 24.6 Å². The molecule has 208 valence electrons. The fourth-order valence-corrected chi connectivity index (χ4v) is 6.94. The minimum Gasteiger partial charge on any atom is -0.385 e. The van der Waals surface area contributed by atoms with Gasteiger partial charge in [-0.15, -0.1) is 0 Å². The molecule has 3 N–H and O–H groups in total. The quantitative estimate of drug-likeness (QED) is 0.323. The summed E-state index contributed by atoms with van der Waals surface area (Å²) in [5.74, 6) is 0.0804. The van der Waals surface area contributed by atoms with Gasteiger partial charge in [-0.05, 0) is 75.1 Å². The Balaban J connectivity index is 1.52. The number of piperidine rings is 1. The number of halogens is 1. The van der Waals surface area contributed by atoms with Crippen LogP contribution in [0, 0.1) is 11.8 Å². The second kappa shape index (κ2) is 12.3. The van der Waals surface area contributed by atoms with Crippen molar-refractivity contribution in [3.05, 3.63) is 65.3 Å². The lowest BCUT2D eigenvalue weighted by atomic mass is 9.72. The molecule has 2 fully saturated rings. The number of para-hydroxylation sites is 1. The number of aromatic nitrogens is 1. The maximum absolute atomic E-state index is 13.5. The number of aliphatic hydroxyl groups is 1. The zero-order chi connectivity index (χ0) is 27.4. The van der Waals surface area contributed by atoms with Crippen molar-refractivity contribution in [1.82, 2.24) is 9.88 Å². The molecule has 1 aliphatic heterocycles. The number of amides is 1. The largest absolute Gasteiger partial charge is 0.385 e. The Morgan fingerprint density at radius 2 is 2.03 bits per heavy atom. The Morgan fingerprint density at radius 3 is 2.82 bits per heavy atom. The lowest BCUT2D eigenvalue weighted by molar-refractivity contribution is -0.140. The smallest absolute Gasteiger partial charge is 0.225 e. The number of rotatable bonds is 9. The van der Waals surface area contributed by atoms with Gasteiger partial charge in [-0.1, -0.05) is 41.9 Å². The molecule has 4 unspecified atom stereocenters. The SMILES string of the molecule is COCCCCC(O)(c1cccc(Cl)c1-c1cnc2ccccc2c1)C1CCCN(C(=O)C2CCC(N)C2)C1. The van der Waals surface area contributed by atoms with Crippen LogP contribution in [0.2, 0.25) is 5.02 Å². The Bertz CT molecular complexity index is 1300. The Kier molecular flexibility index (Phi) is 8.87. The normalized spacial score (nSPS) is 23.2. The molecule has 6 nitrogen and oxygen atoms in total. The zero-order valence-electron chi connectivity index (χ0n) is 22.8. The molecule has 2 aliphatic rings. The van der Waals surface area contributed by atoms with Crippen LogP contribution in [0.5, 0.6) is 0 Å². The number of unbranched alkanes of at least 4 members (excludes halogenated alkanes) is 1. The number of benzene rings is 2. The molecule has 1 aromatic heterocycles. The molecule has 0 spiro atoms. The minimum absolute atomic E-state index is 0.000972. The molecule has 3 aromatic rings. The third-order valence-electron chi connectivity index (χ3n) is 8.75. The van der Waals surface area contributed by atoms with E-state index in [9.17, 15) is 9.90 Å². The van der Waals surface area contributed by atoms with Gasteiger partial charge in [0.2, 0.25) is 5.91 Å². The van der Waals surface area contributed by atoms with E-state index in [0.717, 1.165) is 79.1 Å². The number of hydrogen-bond donors (Lipinski definition) is 2. The fourth-order valence-electron chi connectivity index (χ4n) is 6.65. The van der Waals surface area contributed by atoms with Crippen molar-refractivity contribution in [3.63, 3.8) is 0 Å². The highest BCUT2D eigenvalue weighted by molar-refractivity contribution is 6.33. The van der Waals surface area contributed by atoms with Crippen molar-refractivity contribution in [2.24, 2.45) is 17.6 Å². The fraction of sp³-hybridized carbons (Fsp3) is 0.500. The highest BCUT2D eigenvalue weighted by atomic mass is 35.5. The van der Waals surface area contributed by atoms with Gasteiger partial charge in [-0.25, -0.2) is 0 Å². The lowest BCUT2D eigenvalue weighted by Crippen LogP contribution is -2.49. The molecule has 1 amide bonds. The van der Waals surface area contributed by atoms with Crippen LogP contribution in [0.1, 0.15) is 56.9 Å². The average Bonchev–Trinajstić information content (AvgIpc) is 3.40. The summed E-state index contributed by atoms with van der Waals surface area (Å²) in [7, 11) is 1.70. The number of pyridine rings is 1. The predicted molar refractivity (Wildman–Crippen MR) is 156 cm³/mol. The van der Waals surface area contributed by atoms with Crippen LogP contribution in [-0.2, 0) is 15.1 Å². The summed E-state index contributed by atoms with van der Waals surface area (Å²) in [6.45, 7) is 1.91. The Hall–Kier alpha value is -2.51. The monoisotopic (exact) mass is 549 g/mol. The van der Waals surface area contributed by atoms with Gasteiger partial charge in [0, 0.05) is 72.4 Å². The summed E-state index contributed by atoms with van der Waals surface area (Å²) >= 11 is 6.89. The van der Waals surface area contributed by atoms with Gasteiger partial charge in [0.05, 0.1) is 11.1 Å². The summed E-state index contributed by atoms with van der Waals surface area (Å²) in [6, 6.07) is 16.0. The summed E-state index contributed by atoms with van der Waals surface area (Å²) < 4.78 is 5.30. The van der Waals surface area contributed by atoms with E-state index < -0.39 is 5.60 Å². The molecule has 7 heteroatoms. The summed E-state index contributed by atoms with van der Waals surface area (Å²) in [5.41, 5.74) is 8.39. The minimum atomic E-state index is -1.16. The highest BCUT2D eigenvalue weighted by Crippen LogP contribution is 2.46. The Morgan fingerprint density at radius 1 is 1.18 bits per heavy atom. The summed E-state index contributed by atoms with van der Waals surface area (Å²) in [5, 5.41) is 14.3. The number of nitrogens with zero attached hydrogens (tertiary/aromatic N) is 2. The van der Waals surface area contributed by atoms with E-state index in [-0.39, 0.29) is 23.8 Å². The molecule has 2 aromatic carbocycles. The van der Waals surface area contributed by atoms with Gasteiger partial charge in [-0.2, -0.15) is 0 Å². The number of likely N-dealkylation sites (tertiary alicyclic amines) is 1. The highest BCUT2D eigenvalue weighted by Gasteiger charge is 2.44. The molecule has 5 rings (SSSR count). The zero-order valence-corrected chi connectivity index (χ0v) is 23.6. The van der Waals surface area contributed by atoms with Crippen molar-refractivity contribution in [2.45, 2.75) is 63.0 Å². The number of carbonyl (C=O) groups excluding carboxylic acids is 1. The first kappa shape index (κ1) is 28.0. The van der Waals surface area contributed by atoms with Crippen LogP contribution in [-0.4, -0.2) is 53.7 Å². The first-order valence-corrected chi connectivity index (χ1v) is 14.7. The van der Waals surface area contributed by atoms with Gasteiger partial charge >= 0.3 is 0 Å². The van der Waals surface area contributed by atoms with Crippen molar-refractivity contribution >= 4 is 28.4 Å². The van der Waals surface area contributed by atoms with Crippen LogP contribution >= 0.6 is 11.6 Å². The lowest BCUT2D eigenvalue weighted by Gasteiger charge is -2.44. The van der Waals surface area contributed by atoms with E-state index >= 15 is 0 Å². The molecule has 1 aliphatic carbocycles. The van der Waals surface area contributed by atoms with E-state index in [2.05, 4.69) is 11.1 Å². The first-order chi connectivity index (χ1) is 18.9. The van der Waals surface area contributed by atoms with Crippen LogP contribution in [0.15, 0.2) is 54.7 Å². The second-order valence-corrected chi connectivity index (χ2v) is 11.8. The van der Waals surface area contributed by atoms with Crippen LogP contribution in [0.25, 0.3) is 22.0 Å². The van der Waals surface area contributed by atoms with Gasteiger partial charge in [0.15, 0.2) is 0 Å². The van der Waals surface area contributed by atoms with Crippen LogP contribution in [0.4, 0.5) is 0 Å². The van der Waals surface area contributed by atoms with Gasteiger partial charge in [-0.3, -0.25) is 9.78 Å². The average molecular weight is 550 g/mol. The maximum Gasteiger partial charge on any atom is 0.225 e. The number of carbonyl (C=O) groups is 1. The van der Waals surface area contributed by atoms with Crippen molar-refractivity contribution < 1.29 is 14.6 Å². The number of hydrogen-bond acceptors (Lipinski definition) is 5. The standard InChI is InChI=1S/C32H40ClN3O3/c1-39-17-5-4-15-32(38,25-9-7-16-36(21-25)31(37)23-13-14-26(34)19-23)27-10-6-11-28(33)30(27)24-18-22-8-2-3-12-29(22)35-20-24/h2-3,6,8,10-12,18,20,23,25-26,38H,4-5,7,9,13-17,19,21,34H2,1H3. The van der Waals surface area contributed by atoms with E-state index in [1.165, 1.54) is 0 Å². The van der Waals surface area contributed by atoms with Crippen molar-refractivity contribution in [2.75, 3.05) is 26.8 Å². The first-order valence-electron chi connectivity index (χ1n) is 14.3.